The Balaban J connectivity index is 4.03. The van der Waals surface area contributed by atoms with Gasteiger partial charge in [-0.15, -0.1) is 0 Å². The third kappa shape index (κ3) is 38.7. The van der Waals surface area contributed by atoms with Crippen molar-refractivity contribution in [3.63, 3.8) is 0 Å². The number of carbonyl (C=O) groups is 1. The standard InChI is InChI=1S/C43H80N2O2/c1-5-7-9-11-13-15-17-19-21-23-25-27-29-31-33-35-38-45(41-42-47-43(46)37-40-44(3)4)39-36-34-32-30-28-26-24-22-20-18-16-14-12-10-8-6-2/h13-16,19-22H,5-12,17-18,23-42H2,1-4H3/b15-13-,16-14-,21-19-,22-20-. The molecule has 47 heavy (non-hydrogen) atoms. The number of allylic oxidation sites excluding steroid dienone is 8. The van der Waals surface area contributed by atoms with Crippen molar-refractivity contribution in [2.24, 2.45) is 0 Å². The molecule has 0 heterocycles. The molecule has 0 aliphatic heterocycles. The number of unbranched alkanes of at least 4 members (excludes halogenated alkanes) is 18. The van der Waals surface area contributed by atoms with Crippen LogP contribution in [0.15, 0.2) is 48.6 Å². The molecular weight excluding hydrogens is 576 g/mol. The first-order valence-corrected chi connectivity index (χ1v) is 20.2. The van der Waals surface area contributed by atoms with Crippen molar-refractivity contribution in [1.29, 1.82) is 0 Å². The van der Waals surface area contributed by atoms with Crippen molar-refractivity contribution in [3.05, 3.63) is 48.6 Å². The van der Waals surface area contributed by atoms with Gasteiger partial charge in [-0.2, -0.15) is 0 Å². The second kappa shape index (κ2) is 38.8. The lowest BCUT2D eigenvalue weighted by Crippen LogP contribution is -2.31. The van der Waals surface area contributed by atoms with Crippen LogP contribution in [0.2, 0.25) is 0 Å². The first-order valence-electron chi connectivity index (χ1n) is 20.2. The molecule has 0 amide bonds. The van der Waals surface area contributed by atoms with E-state index in [-0.39, 0.29) is 5.97 Å². The summed E-state index contributed by atoms with van der Waals surface area (Å²) >= 11 is 0. The minimum absolute atomic E-state index is 0.0684. The van der Waals surface area contributed by atoms with Gasteiger partial charge in [0, 0.05) is 13.1 Å². The molecule has 274 valence electrons. The molecule has 0 aromatic rings. The number of hydrogen-bond acceptors (Lipinski definition) is 4. The third-order valence-electron chi connectivity index (χ3n) is 8.78. The van der Waals surface area contributed by atoms with E-state index in [1.54, 1.807) is 0 Å². The summed E-state index contributed by atoms with van der Waals surface area (Å²) in [6, 6.07) is 0. The quantitative estimate of drug-likeness (QED) is 0.0382. The molecule has 0 aliphatic carbocycles. The Morgan fingerprint density at radius 2 is 0.851 bits per heavy atom. The molecule has 0 aromatic carbocycles. The predicted molar refractivity (Wildman–Crippen MR) is 209 cm³/mol. The van der Waals surface area contributed by atoms with Crippen molar-refractivity contribution in [2.45, 2.75) is 174 Å². The lowest BCUT2D eigenvalue weighted by Gasteiger charge is -2.22. The second-order valence-corrected chi connectivity index (χ2v) is 13.8. The van der Waals surface area contributed by atoms with E-state index in [9.17, 15) is 4.79 Å². The highest BCUT2D eigenvalue weighted by atomic mass is 16.5. The van der Waals surface area contributed by atoms with Crippen LogP contribution in [-0.2, 0) is 9.53 Å². The minimum atomic E-state index is -0.0684. The maximum absolute atomic E-state index is 12.1. The second-order valence-electron chi connectivity index (χ2n) is 13.8. The minimum Gasteiger partial charge on any atom is -0.464 e. The number of rotatable bonds is 36. The Morgan fingerprint density at radius 3 is 1.26 bits per heavy atom. The summed E-state index contributed by atoms with van der Waals surface area (Å²) in [7, 11) is 3.99. The van der Waals surface area contributed by atoms with Crippen molar-refractivity contribution in [2.75, 3.05) is 46.9 Å². The fourth-order valence-corrected chi connectivity index (χ4v) is 5.66. The summed E-state index contributed by atoms with van der Waals surface area (Å²) in [5.74, 6) is -0.0684. The lowest BCUT2D eigenvalue weighted by atomic mass is 10.1. The molecule has 4 heteroatoms. The number of ether oxygens (including phenoxy) is 1. The normalized spacial score (nSPS) is 12.4. The molecule has 0 spiro atoms. The van der Waals surface area contributed by atoms with E-state index < -0.39 is 0 Å². The third-order valence-corrected chi connectivity index (χ3v) is 8.78. The monoisotopic (exact) mass is 657 g/mol. The zero-order chi connectivity index (χ0) is 34.3. The van der Waals surface area contributed by atoms with E-state index in [0.29, 0.717) is 13.0 Å². The summed E-state index contributed by atoms with van der Waals surface area (Å²) in [4.78, 5) is 16.7. The molecule has 0 aromatic heterocycles. The molecule has 0 saturated heterocycles. The van der Waals surface area contributed by atoms with E-state index in [1.165, 1.54) is 141 Å². The van der Waals surface area contributed by atoms with Gasteiger partial charge in [0.25, 0.3) is 0 Å². The summed E-state index contributed by atoms with van der Waals surface area (Å²) < 4.78 is 5.56. The maximum Gasteiger partial charge on any atom is 0.307 e. The van der Waals surface area contributed by atoms with Crippen LogP contribution in [0.1, 0.15) is 174 Å². The number of hydrogen-bond donors (Lipinski definition) is 0. The van der Waals surface area contributed by atoms with Crippen LogP contribution >= 0.6 is 0 Å². The van der Waals surface area contributed by atoms with Gasteiger partial charge in [0.05, 0.1) is 6.42 Å². The van der Waals surface area contributed by atoms with E-state index in [1.807, 2.05) is 19.0 Å². The van der Waals surface area contributed by atoms with Crippen LogP contribution in [0.5, 0.6) is 0 Å². The van der Waals surface area contributed by atoms with Gasteiger partial charge >= 0.3 is 5.97 Å². The van der Waals surface area contributed by atoms with E-state index >= 15 is 0 Å². The number of carbonyl (C=O) groups excluding carboxylic acids is 1. The average molecular weight is 657 g/mol. The number of nitrogens with zero attached hydrogens (tertiary/aromatic N) is 2. The SMILES string of the molecule is CCCCC/C=C\C/C=C\CCCCCCCCN(CCCCCCCC/C=C\C/C=C\CCCCC)CCOC(=O)CCN(C)C. The van der Waals surface area contributed by atoms with Gasteiger partial charge in [-0.3, -0.25) is 9.69 Å². The summed E-state index contributed by atoms with van der Waals surface area (Å²) in [6.07, 6.45) is 50.1. The summed E-state index contributed by atoms with van der Waals surface area (Å²) in [5.41, 5.74) is 0. The van der Waals surface area contributed by atoms with Crippen LogP contribution in [0.3, 0.4) is 0 Å². The van der Waals surface area contributed by atoms with E-state index in [2.05, 4.69) is 67.4 Å². The van der Waals surface area contributed by atoms with Crippen LogP contribution in [0.4, 0.5) is 0 Å². The Kier molecular flexibility index (Phi) is 37.4. The molecule has 0 N–H and O–H groups in total. The Morgan fingerprint density at radius 1 is 0.468 bits per heavy atom. The van der Waals surface area contributed by atoms with Gasteiger partial charge in [0.15, 0.2) is 0 Å². The van der Waals surface area contributed by atoms with Crippen molar-refractivity contribution in [1.82, 2.24) is 9.80 Å². The number of esters is 1. The van der Waals surface area contributed by atoms with E-state index in [4.69, 9.17) is 4.74 Å². The van der Waals surface area contributed by atoms with Gasteiger partial charge < -0.3 is 9.64 Å². The van der Waals surface area contributed by atoms with Gasteiger partial charge in [-0.1, -0.05) is 140 Å². The lowest BCUT2D eigenvalue weighted by molar-refractivity contribution is -0.144. The molecule has 0 aliphatic rings. The predicted octanol–water partition coefficient (Wildman–Crippen LogP) is 12.4. The highest BCUT2D eigenvalue weighted by Gasteiger charge is 2.08. The van der Waals surface area contributed by atoms with E-state index in [0.717, 1.165) is 39.0 Å². The smallest absolute Gasteiger partial charge is 0.307 e. The molecule has 0 radical (unpaired) electrons. The molecule has 4 nitrogen and oxygen atoms in total. The van der Waals surface area contributed by atoms with Gasteiger partial charge in [0.2, 0.25) is 0 Å². The van der Waals surface area contributed by atoms with Gasteiger partial charge in [-0.25, -0.2) is 0 Å². The molecule has 0 rings (SSSR count). The average Bonchev–Trinajstić information content (AvgIpc) is 3.06. The van der Waals surface area contributed by atoms with Crippen LogP contribution in [-0.4, -0.2) is 62.7 Å². The highest BCUT2D eigenvalue weighted by molar-refractivity contribution is 5.69. The molecular formula is C43H80N2O2. The van der Waals surface area contributed by atoms with Crippen molar-refractivity contribution >= 4 is 5.97 Å². The molecule has 0 fully saturated rings. The van der Waals surface area contributed by atoms with Gasteiger partial charge in [-0.05, 0) is 104 Å². The molecule has 0 unspecified atom stereocenters. The molecule has 0 bridgehead atoms. The first-order chi connectivity index (χ1) is 23.1. The summed E-state index contributed by atoms with van der Waals surface area (Å²) in [6.45, 7) is 8.93. The van der Waals surface area contributed by atoms with Crippen LogP contribution in [0, 0.1) is 0 Å². The Labute approximate surface area is 294 Å². The zero-order valence-corrected chi connectivity index (χ0v) is 32.0. The fourth-order valence-electron chi connectivity index (χ4n) is 5.66. The van der Waals surface area contributed by atoms with Crippen LogP contribution < -0.4 is 0 Å². The van der Waals surface area contributed by atoms with Crippen molar-refractivity contribution < 1.29 is 9.53 Å². The fraction of sp³-hybridized carbons (Fsp3) is 0.791. The topological polar surface area (TPSA) is 32.8 Å². The Hall–Kier alpha value is -1.65. The molecule has 0 atom stereocenters. The maximum atomic E-state index is 12.1. The zero-order valence-electron chi connectivity index (χ0n) is 32.0. The van der Waals surface area contributed by atoms with Crippen LogP contribution in [0.25, 0.3) is 0 Å². The Bertz CT molecular complexity index is 707. The van der Waals surface area contributed by atoms with Gasteiger partial charge in [0.1, 0.15) is 6.61 Å². The first kappa shape index (κ1) is 45.3. The van der Waals surface area contributed by atoms with Crippen molar-refractivity contribution in [3.8, 4) is 0 Å². The molecule has 0 saturated carbocycles. The largest absolute Gasteiger partial charge is 0.464 e. The summed E-state index contributed by atoms with van der Waals surface area (Å²) in [5, 5.41) is 0. The highest BCUT2D eigenvalue weighted by Crippen LogP contribution is 2.12.